The van der Waals surface area contributed by atoms with Gasteiger partial charge >= 0.3 is 0 Å². The van der Waals surface area contributed by atoms with Gasteiger partial charge in [-0.05, 0) is 54.9 Å². The second kappa shape index (κ2) is 11.2. The normalized spacial score (nSPS) is 18.6. The van der Waals surface area contributed by atoms with E-state index in [1.807, 2.05) is 0 Å². The number of halogens is 3. The van der Waals surface area contributed by atoms with Crippen LogP contribution in [0.4, 0.5) is 13.2 Å². The number of allylic oxidation sites excluding steroid dienone is 1. The fourth-order valence-corrected chi connectivity index (χ4v) is 3.98. The van der Waals surface area contributed by atoms with Crippen LogP contribution in [0.5, 0.6) is 5.75 Å². The molecule has 3 nitrogen and oxygen atoms in total. The number of rotatable bonds is 9. The minimum atomic E-state index is -0.853. The smallest absolute Gasteiger partial charge is 0.166 e. The van der Waals surface area contributed by atoms with Gasteiger partial charge in [0.25, 0.3) is 0 Å². The molecule has 3 rings (SSSR count). The van der Waals surface area contributed by atoms with Crippen molar-refractivity contribution in [1.29, 1.82) is 0 Å². The SMILES string of the molecule is C=C(/C=C(/F)C(=C)COc1ccc(-c2ccc(C3CCC(OC)CC3)c(F)c2F)cc1)OC. The third kappa shape index (κ3) is 6.08. The molecule has 176 valence electrons. The van der Waals surface area contributed by atoms with Crippen LogP contribution in [0.1, 0.15) is 37.2 Å². The molecule has 1 saturated carbocycles. The van der Waals surface area contributed by atoms with E-state index in [-0.39, 0.29) is 35.5 Å². The van der Waals surface area contributed by atoms with Gasteiger partial charge in [0.1, 0.15) is 23.9 Å². The Balaban J connectivity index is 1.67. The molecule has 0 unspecified atom stereocenters. The Labute approximate surface area is 193 Å². The highest BCUT2D eigenvalue weighted by atomic mass is 19.2. The quantitative estimate of drug-likeness (QED) is 0.293. The molecule has 0 spiro atoms. The zero-order valence-corrected chi connectivity index (χ0v) is 19.0. The predicted octanol–water partition coefficient (Wildman–Crippen LogP) is 7.25. The predicted molar refractivity (Wildman–Crippen MR) is 124 cm³/mol. The van der Waals surface area contributed by atoms with Gasteiger partial charge in [-0.3, -0.25) is 0 Å². The molecule has 0 aliphatic heterocycles. The lowest BCUT2D eigenvalue weighted by Gasteiger charge is -2.28. The van der Waals surface area contributed by atoms with E-state index in [9.17, 15) is 13.2 Å². The molecule has 1 fully saturated rings. The van der Waals surface area contributed by atoms with Gasteiger partial charge in [0, 0.05) is 24.3 Å². The van der Waals surface area contributed by atoms with Crippen molar-refractivity contribution in [2.75, 3.05) is 20.8 Å². The maximum absolute atomic E-state index is 14.9. The van der Waals surface area contributed by atoms with E-state index in [1.165, 1.54) is 7.11 Å². The Morgan fingerprint density at radius 2 is 1.64 bits per heavy atom. The second-order valence-corrected chi connectivity index (χ2v) is 8.12. The molecule has 1 aliphatic carbocycles. The van der Waals surface area contributed by atoms with Crippen LogP contribution in [0.25, 0.3) is 11.1 Å². The lowest BCUT2D eigenvalue weighted by molar-refractivity contribution is 0.0655. The Morgan fingerprint density at radius 3 is 2.24 bits per heavy atom. The van der Waals surface area contributed by atoms with Gasteiger partial charge in [0.15, 0.2) is 11.6 Å². The highest BCUT2D eigenvalue weighted by Gasteiger charge is 2.26. The maximum atomic E-state index is 14.9. The van der Waals surface area contributed by atoms with Gasteiger partial charge in [-0.15, -0.1) is 0 Å². The van der Waals surface area contributed by atoms with E-state index in [0.717, 1.165) is 31.8 Å². The first-order valence-corrected chi connectivity index (χ1v) is 10.9. The van der Waals surface area contributed by atoms with Gasteiger partial charge < -0.3 is 14.2 Å². The highest BCUT2D eigenvalue weighted by molar-refractivity contribution is 5.65. The Bertz CT molecular complexity index is 1020. The summed E-state index contributed by atoms with van der Waals surface area (Å²) in [6.07, 6.45) is 4.57. The fraction of sp³-hybridized carbons (Fsp3) is 0.333. The Morgan fingerprint density at radius 1 is 0.970 bits per heavy atom. The van der Waals surface area contributed by atoms with Crippen molar-refractivity contribution in [3.05, 3.63) is 90.0 Å². The van der Waals surface area contributed by atoms with Crippen molar-refractivity contribution < 1.29 is 27.4 Å². The van der Waals surface area contributed by atoms with E-state index in [2.05, 4.69) is 13.2 Å². The van der Waals surface area contributed by atoms with E-state index in [1.54, 1.807) is 43.5 Å². The molecule has 0 amide bonds. The van der Waals surface area contributed by atoms with Crippen molar-refractivity contribution in [2.24, 2.45) is 0 Å². The highest BCUT2D eigenvalue weighted by Crippen LogP contribution is 2.37. The molecule has 0 saturated heterocycles. The lowest BCUT2D eigenvalue weighted by Crippen LogP contribution is -2.20. The molecule has 0 N–H and O–H groups in total. The number of benzene rings is 2. The van der Waals surface area contributed by atoms with E-state index < -0.39 is 17.5 Å². The Kier molecular flexibility index (Phi) is 8.39. The topological polar surface area (TPSA) is 27.7 Å². The van der Waals surface area contributed by atoms with Crippen molar-refractivity contribution in [3.63, 3.8) is 0 Å². The molecule has 0 bridgehead atoms. The summed E-state index contributed by atoms with van der Waals surface area (Å²) in [5, 5.41) is 0. The van der Waals surface area contributed by atoms with Gasteiger partial charge in [-0.25, -0.2) is 13.2 Å². The average molecular weight is 459 g/mol. The minimum Gasteiger partial charge on any atom is -0.497 e. The zero-order chi connectivity index (χ0) is 24.0. The van der Waals surface area contributed by atoms with Crippen LogP contribution < -0.4 is 4.74 Å². The minimum absolute atomic E-state index is 0.000622. The molecule has 6 heteroatoms. The van der Waals surface area contributed by atoms with Crippen molar-refractivity contribution in [1.82, 2.24) is 0 Å². The summed E-state index contributed by atoms with van der Waals surface area (Å²) in [4.78, 5) is 0. The summed E-state index contributed by atoms with van der Waals surface area (Å²) >= 11 is 0. The van der Waals surface area contributed by atoms with Crippen LogP contribution in [0.2, 0.25) is 0 Å². The third-order valence-corrected chi connectivity index (χ3v) is 6.03. The largest absolute Gasteiger partial charge is 0.497 e. The Hall–Kier alpha value is -2.99. The standard InChI is InChI=1S/C27H29F3O3/c1-17(25(28)15-18(2)31-3)16-33-22-11-7-20(8-12-22)24-14-13-23(26(29)27(24)30)19-5-9-21(32-4)10-6-19/h7-8,11-15,19,21H,1-2,5-6,9-10,16H2,3-4H3/b25-15+. The number of ether oxygens (including phenoxy) is 3. The average Bonchev–Trinajstić information content (AvgIpc) is 2.84. The first kappa shape index (κ1) is 24.6. The van der Waals surface area contributed by atoms with Crippen LogP contribution in [0.3, 0.4) is 0 Å². The van der Waals surface area contributed by atoms with Gasteiger partial charge in [0.05, 0.1) is 13.2 Å². The summed E-state index contributed by atoms with van der Waals surface area (Å²) < 4.78 is 59.5. The maximum Gasteiger partial charge on any atom is 0.166 e. The first-order valence-electron chi connectivity index (χ1n) is 10.9. The molecule has 0 radical (unpaired) electrons. The van der Waals surface area contributed by atoms with E-state index in [0.29, 0.717) is 16.9 Å². The van der Waals surface area contributed by atoms with Crippen molar-refractivity contribution in [2.45, 2.75) is 37.7 Å². The van der Waals surface area contributed by atoms with Crippen molar-refractivity contribution in [3.8, 4) is 16.9 Å². The van der Waals surface area contributed by atoms with Crippen LogP contribution in [0.15, 0.2) is 72.8 Å². The summed E-state index contributed by atoms with van der Waals surface area (Å²) in [5.74, 6) is -1.61. The number of hydrogen-bond acceptors (Lipinski definition) is 3. The summed E-state index contributed by atoms with van der Waals surface area (Å²) in [6, 6.07) is 9.82. The lowest BCUT2D eigenvalue weighted by atomic mass is 9.82. The van der Waals surface area contributed by atoms with Gasteiger partial charge in [-0.2, -0.15) is 0 Å². The second-order valence-electron chi connectivity index (χ2n) is 8.12. The van der Waals surface area contributed by atoms with Crippen molar-refractivity contribution >= 4 is 0 Å². The molecule has 0 heterocycles. The molecule has 0 atom stereocenters. The monoisotopic (exact) mass is 458 g/mol. The van der Waals surface area contributed by atoms with E-state index >= 15 is 0 Å². The van der Waals surface area contributed by atoms with Crippen LogP contribution in [0, 0.1) is 11.6 Å². The van der Waals surface area contributed by atoms with Crippen LogP contribution >= 0.6 is 0 Å². The van der Waals surface area contributed by atoms with Crippen LogP contribution in [-0.2, 0) is 9.47 Å². The van der Waals surface area contributed by atoms with Gasteiger partial charge in [0.2, 0.25) is 0 Å². The summed E-state index contributed by atoms with van der Waals surface area (Å²) in [5.41, 5.74) is 1.26. The number of methoxy groups -OCH3 is 2. The molecular formula is C27H29F3O3. The zero-order valence-electron chi connectivity index (χ0n) is 19.0. The van der Waals surface area contributed by atoms with Gasteiger partial charge in [-0.1, -0.05) is 37.4 Å². The molecule has 2 aromatic rings. The summed E-state index contributed by atoms with van der Waals surface area (Å²) in [7, 11) is 3.07. The first-order chi connectivity index (χ1) is 15.8. The molecule has 33 heavy (non-hydrogen) atoms. The third-order valence-electron chi connectivity index (χ3n) is 6.03. The number of hydrogen-bond donors (Lipinski definition) is 0. The summed E-state index contributed by atoms with van der Waals surface area (Å²) in [6.45, 7) is 7.08. The molecule has 1 aliphatic rings. The molecular weight excluding hydrogens is 429 g/mol. The van der Waals surface area contributed by atoms with E-state index in [4.69, 9.17) is 14.2 Å². The molecule has 0 aromatic heterocycles. The molecule has 2 aromatic carbocycles. The van der Waals surface area contributed by atoms with Crippen LogP contribution in [-0.4, -0.2) is 26.9 Å². The fourth-order valence-electron chi connectivity index (χ4n) is 3.98.